The number of para-hydroxylation sites is 1. The molecule has 0 aliphatic carbocycles. The fourth-order valence-electron chi connectivity index (χ4n) is 3.79. The van der Waals surface area contributed by atoms with Crippen LogP contribution in [0.3, 0.4) is 0 Å². The predicted molar refractivity (Wildman–Crippen MR) is 126 cm³/mol. The van der Waals surface area contributed by atoms with Crippen LogP contribution in [0.1, 0.15) is 16.5 Å². The molecule has 1 amide bonds. The van der Waals surface area contributed by atoms with Crippen LogP contribution in [0.5, 0.6) is 0 Å². The third-order valence-electron chi connectivity index (χ3n) is 5.34. The van der Waals surface area contributed by atoms with E-state index in [1.807, 2.05) is 88.6 Å². The molecule has 5 rings (SSSR count). The van der Waals surface area contributed by atoms with Gasteiger partial charge < -0.3 is 4.90 Å². The van der Waals surface area contributed by atoms with Crippen molar-refractivity contribution in [3.05, 3.63) is 107 Å². The highest BCUT2D eigenvalue weighted by Gasteiger charge is 2.36. The van der Waals surface area contributed by atoms with Gasteiger partial charge in [-0.2, -0.15) is 5.10 Å². The topological polar surface area (TPSA) is 38.1 Å². The highest BCUT2D eigenvalue weighted by Crippen LogP contribution is 2.43. The molecule has 0 radical (unpaired) electrons. The van der Waals surface area contributed by atoms with Gasteiger partial charge in [-0.1, -0.05) is 78.3 Å². The molecule has 1 aromatic heterocycles. The number of rotatable bonds is 5. The average Bonchev–Trinajstić information content (AvgIpc) is 3.41. The molecule has 0 N–H and O–H groups in total. The minimum absolute atomic E-state index is 0.112. The molecule has 0 bridgehead atoms. The molecule has 2 heterocycles. The number of carbonyl (C=O) groups is 1. The zero-order valence-corrected chi connectivity index (χ0v) is 18.3. The van der Waals surface area contributed by atoms with Crippen molar-refractivity contribution >= 4 is 29.3 Å². The minimum Gasteiger partial charge on any atom is -0.321 e. The van der Waals surface area contributed by atoms with Crippen LogP contribution in [0.4, 0.5) is 0 Å². The maximum absolute atomic E-state index is 12.8. The maximum Gasteiger partial charge on any atom is 0.234 e. The zero-order valence-electron chi connectivity index (χ0n) is 16.7. The number of benzene rings is 3. The van der Waals surface area contributed by atoms with E-state index < -0.39 is 0 Å². The first-order chi connectivity index (χ1) is 15.2. The second-order valence-corrected chi connectivity index (χ2v) is 8.83. The Hall–Kier alpha value is -3.02. The van der Waals surface area contributed by atoms with E-state index in [0.29, 0.717) is 17.3 Å². The Balaban J connectivity index is 1.58. The largest absolute Gasteiger partial charge is 0.321 e. The van der Waals surface area contributed by atoms with E-state index >= 15 is 0 Å². The van der Waals surface area contributed by atoms with Crippen molar-refractivity contribution in [1.29, 1.82) is 0 Å². The second kappa shape index (κ2) is 8.61. The number of hydrogen-bond acceptors (Lipinski definition) is 3. The summed E-state index contributed by atoms with van der Waals surface area (Å²) in [6.07, 6.45) is 2.05. The van der Waals surface area contributed by atoms with Gasteiger partial charge >= 0.3 is 0 Å². The number of nitrogens with zero attached hydrogens (tertiary/aromatic N) is 3. The number of aromatic nitrogens is 2. The van der Waals surface area contributed by atoms with Gasteiger partial charge in [0.2, 0.25) is 5.91 Å². The van der Waals surface area contributed by atoms with Crippen molar-refractivity contribution in [2.45, 2.75) is 11.9 Å². The van der Waals surface area contributed by atoms with Gasteiger partial charge in [-0.3, -0.25) is 4.79 Å². The molecule has 1 aliphatic rings. The Bertz CT molecular complexity index is 1210. The molecule has 4 aromatic rings. The molecule has 1 aliphatic heterocycles. The van der Waals surface area contributed by atoms with Gasteiger partial charge in [0.05, 0.1) is 17.1 Å². The van der Waals surface area contributed by atoms with Crippen LogP contribution < -0.4 is 0 Å². The number of thioether (sulfide) groups is 1. The quantitative estimate of drug-likeness (QED) is 0.380. The number of amides is 1. The SMILES string of the molecule is O=C1CS[C@H](c2cn(-c3ccccc3)nc2-c2ccccc2)N1Cc1ccccc1Cl. The smallest absolute Gasteiger partial charge is 0.234 e. The molecule has 0 saturated carbocycles. The first-order valence-electron chi connectivity index (χ1n) is 10.1. The molecule has 6 heteroatoms. The lowest BCUT2D eigenvalue weighted by Gasteiger charge is -2.24. The summed E-state index contributed by atoms with van der Waals surface area (Å²) in [5.74, 6) is 0.557. The van der Waals surface area contributed by atoms with Crippen molar-refractivity contribution in [3.63, 3.8) is 0 Å². The number of carbonyl (C=O) groups excluding carboxylic acids is 1. The standard InChI is InChI=1S/C25H20ClN3OS/c26-22-14-8-7-11-19(22)15-28-23(30)17-31-25(28)21-16-29(20-12-5-2-6-13-20)27-24(21)18-9-3-1-4-10-18/h1-14,16,25H,15,17H2/t25-/m1/s1. The lowest BCUT2D eigenvalue weighted by atomic mass is 10.1. The summed E-state index contributed by atoms with van der Waals surface area (Å²) in [6, 6.07) is 27.9. The lowest BCUT2D eigenvalue weighted by Crippen LogP contribution is -2.27. The molecule has 4 nitrogen and oxygen atoms in total. The van der Waals surface area contributed by atoms with Crippen molar-refractivity contribution in [2.24, 2.45) is 0 Å². The number of hydrogen-bond donors (Lipinski definition) is 0. The molecule has 1 atom stereocenters. The van der Waals surface area contributed by atoms with Crippen molar-refractivity contribution < 1.29 is 4.79 Å². The van der Waals surface area contributed by atoms with Gasteiger partial charge in [0.25, 0.3) is 0 Å². The van der Waals surface area contributed by atoms with Crippen LogP contribution >= 0.6 is 23.4 Å². The summed E-state index contributed by atoms with van der Waals surface area (Å²) in [6.45, 7) is 0.473. The minimum atomic E-state index is -0.128. The predicted octanol–water partition coefficient (Wildman–Crippen LogP) is 5.97. The number of halogens is 1. The van der Waals surface area contributed by atoms with Gasteiger partial charge in [-0.15, -0.1) is 11.8 Å². The molecule has 1 fully saturated rings. The Morgan fingerprint density at radius 1 is 0.935 bits per heavy atom. The van der Waals surface area contributed by atoms with Crippen LogP contribution in [0.15, 0.2) is 91.1 Å². The van der Waals surface area contributed by atoms with E-state index in [4.69, 9.17) is 16.7 Å². The van der Waals surface area contributed by atoms with Crippen LogP contribution in [0, 0.1) is 0 Å². The van der Waals surface area contributed by atoms with Gasteiger partial charge in [0.15, 0.2) is 0 Å². The zero-order chi connectivity index (χ0) is 21.2. The first-order valence-corrected chi connectivity index (χ1v) is 11.5. The molecular formula is C25H20ClN3OS. The molecule has 154 valence electrons. The molecule has 1 saturated heterocycles. The fraction of sp³-hybridized carbons (Fsp3) is 0.120. The monoisotopic (exact) mass is 445 g/mol. The van der Waals surface area contributed by atoms with E-state index in [-0.39, 0.29) is 11.3 Å². The summed E-state index contributed by atoms with van der Waals surface area (Å²) < 4.78 is 1.90. The molecular weight excluding hydrogens is 426 g/mol. The Morgan fingerprint density at radius 2 is 1.61 bits per heavy atom. The summed E-state index contributed by atoms with van der Waals surface area (Å²) in [5, 5.41) is 5.47. The van der Waals surface area contributed by atoms with Gasteiger partial charge in [0, 0.05) is 28.9 Å². The van der Waals surface area contributed by atoms with Crippen molar-refractivity contribution in [2.75, 3.05) is 5.75 Å². The highest BCUT2D eigenvalue weighted by atomic mass is 35.5. The van der Waals surface area contributed by atoms with E-state index in [2.05, 4.69) is 12.1 Å². The third-order valence-corrected chi connectivity index (χ3v) is 6.95. The summed E-state index contributed by atoms with van der Waals surface area (Å²) >= 11 is 8.03. The van der Waals surface area contributed by atoms with Crippen LogP contribution in [-0.4, -0.2) is 26.3 Å². The van der Waals surface area contributed by atoms with E-state index in [1.165, 1.54) is 0 Å². The summed E-state index contributed by atoms with van der Waals surface area (Å²) in [5.41, 5.74) is 4.88. The van der Waals surface area contributed by atoms with Gasteiger partial charge in [-0.05, 0) is 23.8 Å². The lowest BCUT2D eigenvalue weighted by molar-refractivity contribution is -0.128. The Morgan fingerprint density at radius 3 is 2.35 bits per heavy atom. The molecule has 0 unspecified atom stereocenters. The van der Waals surface area contributed by atoms with Crippen LogP contribution in [0.25, 0.3) is 16.9 Å². The van der Waals surface area contributed by atoms with E-state index in [0.717, 1.165) is 28.1 Å². The summed E-state index contributed by atoms with van der Waals surface area (Å²) in [4.78, 5) is 14.7. The van der Waals surface area contributed by atoms with E-state index in [9.17, 15) is 4.79 Å². The first kappa shape index (κ1) is 19.9. The van der Waals surface area contributed by atoms with Gasteiger partial charge in [-0.25, -0.2) is 4.68 Å². The third kappa shape index (κ3) is 3.99. The van der Waals surface area contributed by atoms with Crippen molar-refractivity contribution in [1.82, 2.24) is 14.7 Å². The Labute approximate surface area is 190 Å². The van der Waals surface area contributed by atoms with Crippen molar-refractivity contribution in [3.8, 4) is 16.9 Å². The summed E-state index contributed by atoms with van der Waals surface area (Å²) in [7, 11) is 0. The van der Waals surface area contributed by atoms with Crippen LogP contribution in [0.2, 0.25) is 5.02 Å². The molecule has 3 aromatic carbocycles. The maximum atomic E-state index is 12.8. The highest BCUT2D eigenvalue weighted by molar-refractivity contribution is 8.00. The molecule has 31 heavy (non-hydrogen) atoms. The average molecular weight is 446 g/mol. The molecule has 0 spiro atoms. The second-order valence-electron chi connectivity index (χ2n) is 7.36. The van der Waals surface area contributed by atoms with E-state index in [1.54, 1.807) is 11.8 Å². The Kier molecular flexibility index (Phi) is 5.53. The van der Waals surface area contributed by atoms with Crippen LogP contribution in [-0.2, 0) is 11.3 Å². The fourth-order valence-corrected chi connectivity index (χ4v) is 5.18. The normalized spacial score (nSPS) is 16.1. The van der Waals surface area contributed by atoms with Gasteiger partial charge in [0.1, 0.15) is 5.37 Å².